The lowest BCUT2D eigenvalue weighted by Gasteiger charge is -2.32. The van der Waals surface area contributed by atoms with Crippen LogP contribution in [0.25, 0.3) is 0 Å². The van der Waals surface area contributed by atoms with Gasteiger partial charge in [-0.05, 0) is 57.6 Å². The lowest BCUT2D eigenvalue weighted by molar-refractivity contribution is 0.0132. The molecular weight excluding hydrogens is 370 g/mol. The van der Waals surface area contributed by atoms with Gasteiger partial charge < -0.3 is 25.2 Å². The zero-order chi connectivity index (χ0) is 22.1. The van der Waals surface area contributed by atoms with Crippen LogP contribution in [0.4, 0.5) is 4.79 Å². The van der Waals surface area contributed by atoms with E-state index in [1.807, 2.05) is 24.3 Å². The Hall–Kier alpha value is -1.63. The second-order valence-electron chi connectivity index (χ2n) is 8.94. The third-order valence-electron chi connectivity index (χ3n) is 4.75. The number of aliphatic hydroxyl groups excluding tert-OH is 1. The predicted molar refractivity (Wildman–Crippen MR) is 116 cm³/mol. The van der Waals surface area contributed by atoms with E-state index < -0.39 is 23.4 Å². The second kappa shape index (κ2) is 11.5. The summed E-state index contributed by atoms with van der Waals surface area (Å²) >= 11 is 0. The van der Waals surface area contributed by atoms with Gasteiger partial charge in [-0.3, -0.25) is 0 Å². The Labute approximate surface area is 175 Å². The standard InChI is InChI=1S/C23H38NO5/c1-6-12-23(27,13-7-2)14-11-18-9-8-10-19(15-18)16-20(25)17-24(28)21(26)29-22(3,4)5/h8-10,15,20,25,27H,6-7,11-14,16-17H2,1-5H3/q-1. The van der Waals surface area contributed by atoms with Crippen molar-refractivity contribution >= 4 is 6.09 Å². The number of aliphatic hydroxyl groups is 2. The first-order chi connectivity index (χ1) is 13.5. The Morgan fingerprint density at radius 1 is 1.14 bits per heavy atom. The van der Waals surface area contributed by atoms with Gasteiger partial charge in [0.2, 0.25) is 0 Å². The van der Waals surface area contributed by atoms with E-state index in [-0.39, 0.29) is 18.0 Å². The van der Waals surface area contributed by atoms with Gasteiger partial charge in [0.15, 0.2) is 0 Å². The van der Waals surface area contributed by atoms with Crippen molar-refractivity contribution in [1.82, 2.24) is 5.06 Å². The number of ether oxygens (including phenoxy) is 1. The van der Waals surface area contributed by atoms with Crippen LogP contribution in [0, 0.1) is 5.21 Å². The molecule has 6 nitrogen and oxygen atoms in total. The zero-order valence-electron chi connectivity index (χ0n) is 18.6. The fourth-order valence-electron chi connectivity index (χ4n) is 3.51. The first-order valence-electron chi connectivity index (χ1n) is 10.6. The van der Waals surface area contributed by atoms with Crippen molar-refractivity contribution < 1.29 is 19.7 Å². The number of amides is 1. The maximum absolute atomic E-state index is 11.9. The highest BCUT2D eigenvalue weighted by atomic mass is 16.6. The van der Waals surface area contributed by atoms with E-state index >= 15 is 0 Å². The minimum absolute atomic E-state index is 0.162. The Bertz CT molecular complexity index is 620. The molecule has 0 aliphatic heterocycles. The van der Waals surface area contributed by atoms with E-state index in [1.165, 1.54) is 0 Å². The van der Waals surface area contributed by atoms with E-state index in [0.29, 0.717) is 6.42 Å². The summed E-state index contributed by atoms with van der Waals surface area (Å²) < 4.78 is 5.01. The van der Waals surface area contributed by atoms with Gasteiger partial charge in [-0.2, -0.15) is 0 Å². The van der Waals surface area contributed by atoms with Crippen molar-refractivity contribution in [2.24, 2.45) is 0 Å². The van der Waals surface area contributed by atoms with E-state index in [1.54, 1.807) is 20.8 Å². The molecule has 0 radical (unpaired) electrons. The number of hydroxylamine groups is 2. The third-order valence-corrected chi connectivity index (χ3v) is 4.75. The first kappa shape index (κ1) is 25.4. The van der Waals surface area contributed by atoms with Crippen molar-refractivity contribution in [2.75, 3.05) is 6.54 Å². The van der Waals surface area contributed by atoms with Gasteiger partial charge >= 0.3 is 6.09 Å². The largest absolute Gasteiger partial charge is 0.754 e. The number of hydrogen-bond donors (Lipinski definition) is 2. The van der Waals surface area contributed by atoms with Crippen LogP contribution in [-0.2, 0) is 17.6 Å². The van der Waals surface area contributed by atoms with E-state index in [0.717, 1.165) is 43.2 Å². The predicted octanol–water partition coefficient (Wildman–Crippen LogP) is 4.59. The molecule has 6 heteroatoms. The highest BCUT2D eigenvalue weighted by molar-refractivity contribution is 5.68. The van der Waals surface area contributed by atoms with Crippen LogP contribution in [0.2, 0.25) is 0 Å². The van der Waals surface area contributed by atoms with Gasteiger partial charge in [-0.1, -0.05) is 51.0 Å². The van der Waals surface area contributed by atoms with Crippen molar-refractivity contribution in [2.45, 2.75) is 96.9 Å². The third kappa shape index (κ3) is 10.1. The second-order valence-corrected chi connectivity index (χ2v) is 8.94. The maximum atomic E-state index is 11.9. The van der Waals surface area contributed by atoms with Gasteiger partial charge in [0.25, 0.3) is 0 Å². The summed E-state index contributed by atoms with van der Waals surface area (Å²) in [5.74, 6) is 0. The van der Waals surface area contributed by atoms with Gasteiger partial charge in [-0.25, -0.2) is 4.79 Å². The van der Waals surface area contributed by atoms with Gasteiger partial charge in [0.1, 0.15) is 5.60 Å². The van der Waals surface area contributed by atoms with Crippen molar-refractivity contribution in [3.8, 4) is 0 Å². The summed E-state index contributed by atoms with van der Waals surface area (Å²) in [5.41, 5.74) is 0.597. The molecule has 29 heavy (non-hydrogen) atoms. The molecule has 0 aromatic heterocycles. The minimum atomic E-state index is -0.989. The molecule has 0 heterocycles. The molecule has 1 aromatic rings. The summed E-state index contributed by atoms with van der Waals surface area (Å²) in [6.07, 6.45) is 3.25. The molecule has 0 aliphatic carbocycles. The minimum Gasteiger partial charge on any atom is -0.754 e. The average Bonchev–Trinajstić information content (AvgIpc) is 2.59. The molecule has 1 rings (SSSR count). The number of aryl methyl sites for hydroxylation is 1. The normalized spacial score (nSPS) is 13.2. The van der Waals surface area contributed by atoms with Gasteiger partial charge in [0, 0.05) is 13.0 Å². The Kier molecular flexibility index (Phi) is 10.1. The molecule has 1 aromatic carbocycles. The quantitative estimate of drug-likeness (QED) is 0.522. The molecule has 0 spiro atoms. The lowest BCUT2D eigenvalue weighted by Crippen LogP contribution is -2.38. The van der Waals surface area contributed by atoms with Crippen LogP contribution in [0.1, 0.15) is 77.8 Å². The molecule has 0 fully saturated rings. The number of rotatable bonds is 11. The van der Waals surface area contributed by atoms with E-state index in [9.17, 15) is 20.2 Å². The Morgan fingerprint density at radius 2 is 1.72 bits per heavy atom. The summed E-state index contributed by atoms with van der Waals surface area (Å²) in [6, 6.07) is 7.80. The SMILES string of the molecule is CCCC(O)(CCC)CCc1cccc(CC(O)CN([O-])C(=O)OC(C)(C)C)c1. The molecule has 0 saturated heterocycles. The highest BCUT2D eigenvalue weighted by Gasteiger charge is 2.24. The van der Waals surface area contributed by atoms with Crippen LogP contribution in [0.5, 0.6) is 0 Å². The molecule has 166 valence electrons. The van der Waals surface area contributed by atoms with Crippen molar-refractivity contribution in [3.05, 3.63) is 40.6 Å². The lowest BCUT2D eigenvalue weighted by atomic mass is 9.86. The number of benzene rings is 1. The fraction of sp³-hybridized carbons (Fsp3) is 0.696. The summed E-state index contributed by atoms with van der Waals surface area (Å²) in [7, 11) is 0. The van der Waals surface area contributed by atoms with Crippen LogP contribution in [0.15, 0.2) is 24.3 Å². The van der Waals surface area contributed by atoms with Crippen LogP contribution in [0.3, 0.4) is 0 Å². The highest BCUT2D eigenvalue weighted by Crippen LogP contribution is 2.25. The van der Waals surface area contributed by atoms with Crippen LogP contribution < -0.4 is 0 Å². The van der Waals surface area contributed by atoms with E-state index in [4.69, 9.17) is 4.74 Å². The summed E-state index contributed by atoms with van der Waals surface area (Å²) in [5, 5.41) is 33.1. The number of carbonyl (C=O) groups excluding carboxylic acids is 1. The monoisotopic (exact) mass is 408 g/mol. The van der Waals surface area contributed by atoms with Crippen molar-refractivity contribution in [1.29, 1.82) is 0 Å². The maximum Gasteiger partial charge on any atom is 0.399 e. The van der Waals surface area contributed by atoms with E-state index in [2.05, 4.69) is 13.8 Å². The molecule has 1 unspecified atom stereocenters. The van der Waals surface area contributed by atoms with Gasteiger partial charge in [0.05, 0.1) is 11.7 Å². The van der Waals surface area contributed by atoms with Crippen molar-refractivity contribution in [3.63, 3.8) is 0 Å². The number of hydrogen-bond acceptors (Lipinski definition) is 5. The first-order valence-corrected chi connectivity index (χ1v) is 10.6. The summed E-state index contributed by atoms with van der Waals surface area (Å²) in [4.78, 5) is 11.7. The number of nitrogens with zero attached hydrogens (tertiary/aromatic N) is 1. The topological polar surface area (TPSA) is 93.1 Å². The molecule has 0 bridgehead atoms. The summed E-state index contributed by atoms with van der Waals surface area (Å²) in [6.45, 7) is 8.87. The smallest absolute Gasteiger partial charge is 0.399 e. The molecule has 0 saturated carbocycles. The Balaban J connectivity index is 2.62. The van der Waals surface area contributed by atoms with Gasteiger partial charge in [-0.15, -0.1) is 0 Å². The number of carbonyl (C=O) groups is 1. The molecule has 1 amide bonds. The fourth-order valence-corrected chi connectivity index (χ4v) is 3.51. The Morgan fingerprint density at radius 3 is 2.28 bits per heavy atom. The molecule has 1 atom stereocenters. The molecule has 2 N–H and O–H groups in total. The molecule has 0 aliphatic rings. The van der Waals surface area contributed by atoms with Crippen LogP contribution in [-0.4, -0.2) is 45.2 Å². The average molecular weight is 409 g/mol. The molecular formula is C23H38NO5-. The zero-order valence-corrected chi connectivity index (χ0v) is 18.6. The van der Waals surface area contributed by atoms with Crippen LogP contribution >= 0.6 is 0 Å².